The normalized spacial score (nSPS) is 10.8. The molecule has 7 nitrogen and oxygen atoms in total. The zero-order chi connectivity index (χ0) is 26.6. The predicted molar refractivity (Wildman–Crippen MR) is 146 cm³/mol. The van der Waals surface area contributed by atoms with Crippen molar-refractivity contribution in [3.05, 3.63) is 82.0 Å². The molecule has 37 heavy (non-hydrogen) atoms. The first-order chi connectivity index (χ1) is 17.9. The van der Waals surface area contributed by atoms with E-state index >= 15 is 0 Å². The molecule has 198 valence electrons. The number of benzene rings is 2. The first-order valence-electron chi connectivity index (χ1n) is 12.3. The number of nitrogens with zero attached hydrogens (tertiary/aromatic N) is 2. The van der Waals surface area contributed by atoms with E-state index in [1.165, 1.54) is 0 Å². The molecule has 0 saturated heterocycles. The fraction of sp³-hybridized carbons (Fsp3) is 0.379. The number of methoxy groups -OCH3 is 2. The molecule has 0 atom stereocenters. The number of carbonyl (C=O) groups is 2. The Morgan fingerprint density at radius 1 is 0.892 bits per heavy atom. The monoisotopic (exact) mass is 524 g/mol. The topological polar surface area (TPSA) is 68.3 Å². The van der Waals surface area contributed by atoms with Crippen molar-refractivity contribution in [1.82, 2.24) is 9.80 Å². The zero-order valence-corrected chi connectivity index (χ0v) is 22.8. The van der Waals surface area contributed by atoms with Gasteiger partial charge in [-0.15, -0.1) is 11.3 Å². The van der Waals surface area contributed by atoms with Gasteiger partial charge in [-0.25, -0.2) is 0 Å². The molecule has 1 heterocycles. The smallest absolute Gasteiger partial charge is 0.249 e. The predicted octanol–water partition coefficient (Wildman–Crippen LogP) is 4.79. The molecular formula is C29H36N2O5S. The lowest BCUT2D eigenvalue weighted by molar-refractivity contribution is -0.145. The number of rotatable bonds is 14. The van der Waals surface area contributed by atoms with Crippen LogP contribution in [0.15, 0.2) is 66.0 Å². The quantitative estimate of drug-likeness (QED) is 0.303. The number of thiophene rings is 1. The highest BCUT2D eigenvalue weighted by molar-refractivity contribution is 7.09. The van der Waals surface area contributed by atoms with E-state index in [-0.39, 0.29) is 31.0 Å². The second kappa shape index (κ2) is 14.4. The molecule has 3 aromatic rings. The van der Waals surface area contributed by atoms with Gasteiger partial charge in [-0.05, 0) is 55.0 Å². The third-order valence-electron chi connectivity index (χ3n) is 5.98. The lowest BCUT2D eigenvalue weighted by Gasteiger charge is -2.30. The number of hydrogen-bond donors (Lipinski definition) is 0. The third kappa shape index (κ3) is 8.61. The van der Waals surface area contributed by atoms with Gasteiger partial charge in [-0.2, -0.15) is 0 Å². The summed E-state index contributed by atoms with van der Waals surface area (Å²) in [5.74, 6) is 1.02. The molecule has 1 aromatic heterocycles. The van der Waals surface area contributed by atoms with Crippen LogP contribution in [0, 0.1) is 0 Å². The van der Waals surface area contributed by atoms with E-state index in [4.69, 9.17) is 14.2 Å². The lowest BCUT2D eigenvalue weighted by atomic mass is 10.1. The summed E-state index contributed by atoms with van der Waals surface area (Å²) in [4.78, 5) is 30.9. The van der Waals surface area contributed by atoms with Crippen LogP contribution in [0.2, 0.25) is 0 Å². The Kier molecular flexibility index (Phi) is 11.0. The van der Waals surface area contributed by atoms with Crippen LogP contribution in [0.5, 0.6) is 11.5 Å². The second-order valence-corrected chi connectivity index (χ2v) is 9.96. The highest BCUT2D eigenvalue weighted by atomic mass is 32.1. The van der Waals surface area contributed by atoms with Gasteiger partial charge in [-0.3, -0.25) is 9.59 Å². The van der Waals surface area contributed by atoms with Gasteiger partial charge in [0, 0.05) is 17.5 Å². The maximum absolute atomic E-state index is 13.5. The van der Waals surface area contributed by atoms with Crippen molar-refractivity contribution in [2.45, 2.75) is 39.5 Å². The number of hydrogen-bond acceptors (Lipinski definition) is 6. The average molecular weight is 525 g/mol. The minimum Gasteiger partial charge on any atom is -0.493 e. The average Bonchev–Trinajstić information content (AvgIpc) is 3.42. The molecule has 0 unspecified atom stereocenters. The summed E-state index contributed by atoms with van der Waals surface area (Å²) in [6.45, 7) is 5.11. The van der Waals surface area contributed by atoms with E-state index in [1.54, 1.807) is 30.5 Å². The standard InChI is InChI=1S/C29H36N2O5S/c1-22(2)31(29(33)21-36-20-24-9-6-5-7-10-24)19-28(32)30(18-25-11-8-16-37-25)15-14-23-12-13-26(34-3)27(17-23)35-4/h5-13,16-17,22H,14-15,18-21H2,1-4H3. The molecule has 0 saturated carbocycles. The van der Waals surface area contributed by atoms with Crippen molar-refractivity contribution in [2.24, 2.45) is 0 Å². The fourth-order valence-electron chi connectivity index (χ4n) is 3.90. The lowest BCUT2D eigenvalue weighted by Crippen LogP contribution is -2.47. The van der Waals surface area contributed by atoms with Gasteiger partial charge >= 0.3 is 0 Å². The maximum Gasteiger partial charge on any atom is 0.249 e. The molecule has 0 bridgehead atoms. The van der Waals surface area contributed by atoms with Gasteiger partial charge < -0.3 is 24.0 Å². The molecule has 2 aromatic carbocycles. The van der Waals surface area contributed by atoms with Gasteiger partial charge in [0.15, 0.2) is 11.5 Å². The number of amides is 2. The first-order valence-corrected chi connectivity index (χ1v) is 13.2. The highest BCUT2D eigenvalue weighted by Crippen LogP contribution is 2.28. The SMILES string of the molecule is COc1ccc(CCN(Cc2cccs2)C(=O)CN(C(=O)COCc2ccccc2)C(C)C)cc1OC. The van der Waals surface area contributed by atoms with Crippen molar-refractivity contribution in [3.8, 4) is 11.5 Å². The second-order valence-electron chi connectivity index (χ2n) is 8.93. The van der Waals surface area contributed by atoms with Crippen molar-refractivity contribution in [2.75, 3.05) is 33.9 Å². The summed E-state index contributed by atoms with van der Waals surface area (Å²) < 4.78 is 16.4. The summed E-state index contributed by atoms with van der Waals surface area (Å²) in [5, 5.41) is 2.00. The molecule has 2 amide bonds. The maximum atomic E-state index is 13.5. The molecule has 0 aliphatic carbocycles. The van der Waals surface area contributed by atoms with Gasteiger partial charge in [0.1, 0.15) is 13.2 Å². The zero-order valence-electron chi connectivity index (χ0n) is 22.0. The molecular weight excluding hydrogens is 488 g/mol. The largest absolute Gasteiger partial charge is 0.493 e. The molecule has 8 heteroatoms. The Morgan fingerprint density at radius 3 is 2.30 bits per heavy atom. The van der Waals surface area contributed by atoms with E-state index < -0.39 is 0 Å². The Labute approximate surface area is 223 Å². The minimum atomic E-state index is -0.199. The Bertz CT molecular complexity index is 1120. The van der Waals surface area contributed by atoms with Crippen molar-refractivity contribution >= 4 is 23.2 Å². The molecule has 0 aliphatic rings. The number of carbonyl (C=O) groups excluding carboxylic acids is 2. The van der Waals surface area contributed by atoms with Crippen LogP contribution in [0.4, 0.5) is 0 Å². The molecule has 0 aliphatic heterocycles. The molecule has 0 radical (unpaired) electrons. The van der Waals surface area contributed by atoms with Crippen molar-refractivity contribution < 1.29 is 23.8 Å². The fourth-order valence-corrected chi connectivity index (χ4v) is 4.62. The molecule has 0 N–H and O–H groups in total. The van der Waals surface area contributed by atoms with Crippen LogP contribution < -0.4 is 9.47 Å². The van der Waals surface area contributed by atoms with Crippen LogP contribution >= 0.6 is 11.3 Å². The van der Waals surface area contributed by atoms with Gasteiger partial charge in [0.2, 0.25) is 11.8 Å². The Hall–Kier alpha value is -3.36. The third-order valence-corrected chi connectivity index (χ3v) is 6.85. The van der Waals surface area contributed by atoms with Crippen molar-refractivity contribution in [1.29, 1.82) is 0 Å². The summed E-state index contributed by atoms with van der Waals surface area (Å²) >= 11 is 1.61. The van der Waals surface area contributed by atoms with Crippen LogP contribution in [-0.4, -0.2) is 61.6 Å². The summed E-state index contributed by atoms with van der Waals surface area (Å²) in [7, 11) is 3.21. The van der Waals surface area contributed by atoms with E-state index in [9.17, 15) is 9.59 Å². The van der Waals surface area contributed by atoms with E-state index in [0.717, 1.165) is 16.0 Å². The van der Waals surface area contributed by atoms with E-state index in [2.05, 4.69) is 0 Å². The van der Waals surface area contributed by atoms with E-state index in [0.29, 0.717) is 37.6 Å². The highest BCUT2D eigenvalue weighted by Gasteiger charge is 2.24. The molecule has 3 rings (SSSR count). The van der Waals surface area contributed by atoms with E-state index in [1.807, 2.05) is 84.8 Å². The van der Waals surface area contributed by atoms with Gasteiger partial charge in [-0.1, -0.05) is 42.5 Å². The Morgan fingerprint density at radius 2 is 1.65 bits per heavy atom. The number of ether oxygens (including phenoxy) is 3. The van der Waals surface area contributed by atoms with Crippen molar-refractivity contribution in [3.63, 3.8) is 0 Å². The summed E-state index contributed by atoms with van der Waals surface area (Å²) in [5.41, 5.74) is 2.03. The van der Waals surface area contributed by atoms with Crippen LogP contribution in [0.3, 0.4) is 0 Å². The molecule has 0 spiro atoms. The summed E-state index contributed by atoms with van der Waals surface area (Å²) in [6, 6.07) is 19.4. The molecule has 0 fully saturated rings. The van der Waals surface area contributed by atoms with Crippen LogP contribution in [0.1, 0.15) is 29.9 Å². The van der Waals surface area contributed by atoms with Gasteiger partial charge in [0.05, 0.1) is 27.4 Å². The minimum absolute atomic E-state index is 0.00249. The van der Waals surface area contributed by atoms with Crippen LogP contribution in [0.25, 0.3) is 0 Å². The first kappa shape index (κ1) is 28.2. The van der Waals surface area contributed by atoms with Gasteiger partial charge in [0.25, 0.3) is 0 Å². The summed E-state index contributed by atoms with van der Waals surface area (Å²) in [6.07, 6.45) is 0.646. The Balaban J connectivity index is 1.65. The van der Waals surface area contributed by atoms with Crippen LogP contribution in [-0.2, 0) is 33.9 Å².